The fourth-order valence-electron chi connectivity index (χ4n) is 3.08. The minimum Gasteiger partial charge on any atom is -0.362 e. The Hall–Kier alpha value is -0.620. The lowest BCUT2D eigenvalue weighted by atomic mass is 9.70. The Balaban J connectivity index is 2.53. The maximum Gasteiger partial charge on any atom is 0.275 e. The first-order chi connectivity index (χ1) is 5.52. The van der Waals surface area contributed by atoms with Gasteiger partial charge in [0.1, 0.15) is 0 Å². The Morgan fingerprint density at radius 2 is 2.08 bits per heavy atom. The van der Waals surface area contributed by atoms with Crippen LogP contribution in [0, 0.1) is 16.7 Å². The van der Waals surface area contributed by atoms with Gasteiger partial charge in [-0.2, -0.15) is 4.79 Å². The number of hydrogen-bond donors (Lipinski definition) is 0. The van der Waals surface area contributed by atoms with Gasteiger partial charge in [0.2, 0.25) is 0 Å². The summed E-state index contributed by atoms with van der Waals surface area (Å²) in [7, 11) is 0. The molecule has 2 aliphatic rings. The van der Waals surface area contributed by atoms with Crippen molar-refractivity contribution in [2.24, 2.45) is 16.7 Å². The average Bonchev–Trinajstić information content (AvgIpc) is 2.34. The summed E-state index contributed by atoms with van der Waals surface area (Å²) in [6, 6.07) is 0. The van der Waals surface area contributed by atoms with Gasteiger partial charge in [0, 0.05) is 6.42 Å². The van der Waals surface area contributed by atoms with Gasteiger partial charge in [0.25, 0.3) is 5.71 Å². The molecule has 0 N–H and O–H groups in total. The van der Waals surface area contributed by atoms with Gasteiger partial charge in [-0.15, -0.1) is 0 Å². The monoisotopic (exact) mass is 164 g/mol. The van der Waals surface area contributed by atoms with Gasteiger partial charge in [-0.25, -0.2) is 0 Å². The van der Waals surface area contributed by atoms with E-state index in [1.165, 1.54) is 12.8 Å². The van der Waals surface area contributed by atoms with Crippen LogP contribution in [0.15, 0.2) is 0 Å². The lowest BCUT2D eigenvalue weighted by Crippen LogP contribution is -2.32. The van der Waals surface area contributed by atoms with Crippen LogP contribution in [-0.4, -0.2) is 10.5 Å². The standard InChI is InChI=1S/C10H16N2/c1-9(2)7-4-5-10(9,3)8(6-7)12-11/h7H,4-6H2,1-3H3. The first-order valence-electron chi connectivity index (χ1n) is 4.74. The quantitative estimate of drug-likeness (QED) is 0.389. The van der Waals surface area contributed by atoms with E-state index in [1.807, 2.05) is 0 Å². The Kier molecular flexibility index (Phi) is 1.33. The van der Waals surface area contributed by atoms with Gasteiger partial charge in [-0.05, 0) is 31.1 Å². The maximum atomic E-state index is 8.87. The van der Waals surface area contributed by atoms with Crippen molar-refractivity contribution in [3.8, 4) is 0 Å². The molecule has 2 rings (SSSR count). The fourth-order valence-corrected chi connectivity index (χ4v) is 3.08. The summed E-state index contributed by atoms with van der Waals surface area (Å²) in [5.41, 5.74) is 10.4. The summed E-state index contributed by atoms with van der Waals surface area (Å²) in [5.74, 6) is 0.744. The summed E-state index contributed by atoms with van der Waals surface area (Å²) >= 11 is 0. The number of nitrogens with zero attached hydrogens (tertiary/aromatic N) is 2. The topological polar surface area (TPSA) is 36.4 Å². The summed E-state index contributed by atoms with van der Waals surface area (Å²) in [6.45, 7) is 6.86. The lowest BCUT2D eigenvalue weighted by Gasteiger charge is -2.30. The minimum absolute atomic E-state index is 0.173. The molecule has 2 nitrogen and oxygen atoms in total. The summed E-state index contributed by atoms with van der Waals surface area (Å²) in [5, 5.41) is 0. The fraction of sp³-hybridized carbons (Fsp3) is 0.900. The molecule has 0 spiro atoms. The second kappa shape index (κ2) is 2.00. The zero-order valence-electron chi connectivity index (χ0n) is 8.09. The van der Waals surface area contributed by atoms with Crippen LogP contribution >= 0.6 is 0 Å². The SMILES string of the molecule is CC12CCC(CC1=[N+]=[N-])C2(C)C. The van der Waals surface area contributed by atoms with E-state index in [4.69, 9.17) is 5.53 Å². The molecule has 0 aromatic rings. The highest BCUT2D eigenvalue weighted by Crippen LogP contribution is 2.63. The Bertz CT molecular complexity index is 274. The van der Waals surface area contributed by atoms with Crippen LogP contribution in [0.2, 0.25) is 0 Å². The Morgan fingerprint density at radius 1 is 1.42 bits per heavy atom. The number of fused-ring (bicyclic) bond motifs is 2. The second-order valence-electron chi connectivity index (χ2n) is 5.04. The van der Waals surface area contributed by atoms with E-state index in [9.17, 15) is 0 Å². The van der Waals surface area contributed by atoms with Gasteiger partial charge < -0.3 is 5.53 Å². The molecule has 2 heteroatoms. The Labute approximate surface area is 73.6 Å². The summed E-state index contributed by atoms with van der Waals surface area (Å²) in [4.78, 5) is 3.45. The van der Waals surface area contributed by atoms with Crippen molar-refractivity contribution in [1.82, 2.24) is 0 Å². The van der Waals surface area contributed by atoms with Crippen LogP contribution in [0.3, 0.4) is 0 Å². The zero-order chi connectivity index (χ0) is 8.98. The average molecular weight is 164 g/mol. The molecule has 2 saturated carbocycles. The molecule has 2 fully saturated rings. The molecule has 0 amide bonds. The molecule has 2 aliphatic carbocycles. The van der Waals surface area contributed by atoms with E-state index in [2.05, 4.69) is 25.6 Å². The molecule has 12 heavy (non-hydrogen) atoms. The largest absolute Gasteiger partial charge is 0.362 e. The first kappa shape index (κ1) is 8.00. The first-order valence-corrected chi connectivity index (χ1v) is 4.74. The van der Waals surface area contributed by atoms with E-state index in [-0.39, 0.29) is 5.41 Å². The maximum absolute atomic E-state index is 8.87. The summed E-state index contributed by atoms with van der Waals surface area (Å²) < 4.78 is 0. The molecule has 0 saturated heterocycles. The van der Waals surface area contributed by atoms with Crippen LogP contribution in [-0.2, 0) is 0 Å². The van der Waals surface area contributed by atoms with E-state index in [1.54, 1.807) is 0 Å². The molecule has 2 bridgehead atoms. The normalized spacial score (nSPS) is 43.2. The van der Waals surface area contributed by atoms with Crippen molar-refractivity contribution in [2.45, 2.75) is 40.0 Å². The van der Waals surface area contributed by atoms with E-state index in [0.29, 0.717) is 5.41 Å². The molecular formula is C10H16N2. The number of rotatable bonds is 0. The zero-order valence-corrected chi connectivity index (χ0v) is 8.09. The predicted octanol–water partition coefficient (Wildman–Crippen LogP) is 2.50. The van der Waals surface area contributed by atoms with Crippen LogP contribution < -0.4 is 0 Å². The van der Waals surface area contributed by atoms with Crippen molar-refractivity contribution in [3.63, 3.8) is 0 Å². The predicted molar refractivity (Wildman–Crippen MR) is 47.9 cm³/mol. The molecule has 0 heterocycles. The third-order valence-electron chi connectivity index (χ3n) is 4.63. The van der Waals surface area contributed by atoms with Crippen molar-refractivity contribution in [2.75, 3.05) is 0 Å². The highest BCUT2D eigenvalue weighted by molar-refractivity contribution is 5.89. The van der Waals surface area contributed by atoms with Crippen LogP contribution in [0.25, 0.3) is 5.53 Å². The molecule has 0 aromatic carbocycles. The van der Waals surface area contributed by atoms with Crippen molar-refractivity contribution >= 4 is 5.71 Å². The second-order valence-corrected chi connectivity index (χ2v) is 5.04. The van der Waals surface area contributed by atoms with E-state index in [0.717, 1.165) is 18.1 Å². The highest BCUT2D eigenvalue weighted by atomic mass is 14.9. The third-order valence-corrected chi connectivity index (χ3v) is 4.63. The van der Waals surface area contributed by atoms with E-state index >= 15 is 0 Å². The molecule has 2 unspecified atom stereocenters. The van der Waals surface area contributed by atoms with E-state index < -0.39 is 0 Å². The summed E-state index contributed by atoms with van der Waals surface area (Å²) in [6.07, 6.45) is 3.52. The molecule has 66 valence electrons. The van der Waals surface area contributed by atoms with Crippen LogP contribution in [0.4, 0.5) is 0 Å². The highest BCUT2D eigenvalue weighted by Gasteiger charge is 2.64. The molecular weight excluding hydrogens is 148 g/mol. The van der Waals surface area contributed by atoms with Crippen molar-refractivity contribution in [3.05, 3.63) is 5.53 Å². The molecule has 0 radical (unpaired) electrons. The van der Waals surface area contributed by atoms with Crippen molar-refractivity contribution < 1.29 is 4.79 Å². The number of hydrogen-bond acceptors (Lipinski definition) is 0. The van der Waals surface area contributed by atoms with Crippen LogP contribution in [0.5, 0.6) is 0 Å². The minimum atomic E-state index is 0.173. The molecule has 2 atom stereocenters. The van der Waals surface area contributed by atoms with Gasteiger partial charge in [0.05, 0.1) is 5.41 Å². The van der Waals surface area contributed by atoms with Gasteiger partial charge in [-0.3, -0.25) is 0 Å². The smallest absolute Gasteiger partial charge is 0.275 e. The Morgan fingerprint density at radius 3 is 2.33 bits per heavy atom. The lowest BCUT2D eigenvalue weighted by molar-refractivity contribution is -0.0248. The van der Waals surface area contributed by atoms with Gasteiger partial charge in [-0.1, -0.05) is 13.8 Å². The molecule has 0 aliphatic heterocycles. The third kappa shape index (κ3) is 0.628. The van der Waals surface area contributed by atoms with Gasteiger partial charge >= 0.3 is 0 Å². The molecule has 0 aromatic heterocycles. The van der Waals surface area contributed by atoms with Crippen molar-refractivity contribution in [1.29, 1.82) is 0 Å². The van der Waals surface area contributed by atoms with Gasteiger partial charge in [0.15, 0.2) is 0 Å². The van der Waals surface area contributed by atoms with Crippen LogP contribution in [0.1, 0.15) is 40.0 Å².